The van der Waals surface area contributed by atoms with Gasteiger partial charge in [-0.2, -0.15) is 0 Å². The van der Waals surface area contributed by atoms with Crippen molar-refractivity contribution in [3.8, 4) is 0 Å². The largest absolute Gasteiger partial charge is 0.396 e. The molecule has 118 valence electrons. The predicted molar refractivity (Wildman–Crippen MR) is 80.2 cm³/mol. The Morgan fingerprint density at radius 3 is 2.82 bits per heavy atom. The number of nitrogens with zero attached hydrogens (tertiary/aromatic N) is 1. The van der Waals surface area contributed by atoms with Gasteiger partial charge in [-0.3, -0.25) is 14.9 Å². The van der Waals surface area contributed by atoms with Gasteiger partial charge in [0.15, 0.2) is 0 Å². The third kappa shape index (κ3) is 2.41. The highest BCUT2D eigenvalue weighted by Gasteiger charge is 2.47. The van der Waals surface area contributed by atoms with E-state index in [9.17, 15) is 20.0 Å². The quantitative estimate of drug-likeness (QED) is 0.440. The summed E-state index contributed by atoms with van der Waals surface area (Å²) in [7, 11) is 0. The minimum Gasteiger partial charge on any atom is -0.396 e. The van der Waals surface area contributed by atoms with Crippen LogP contribution in [0.2, 0.25) is 0 Å². The standard InChI is InChI=1S/C15H19N3O4/c16-12-4-3-10(6-13(12)18(21)22)15(20)17-14-9-2-1-8(5-9)11(14)7-19/h3-4,6,8-9,11,14,19H,1-2,5,7,16H2,(H,17,20). The Morgan fingerprint density at radius 1 is 1.41 bits per heavy atom. The average molecular weight is 305 g/mol. The number of hydrogen-bond donors (Lipinski definition) is 3. The number of amides is 1. The summed E-state index contributed by atoms with van der Waals surface area (Å²) in [5, 5.41) is 23.4. The monoisotopic (exact) mass is 305 g/mol. The number of benzene rings is 1. The third-order valence-corrected chi connectivity index (χ3v) is 5.09. The summed E-state index contributed by atoms with van der Waals surface area (Å²) in [6, 6.07) is 4.01. The van der Waals surface area contributed by atoms with Gasteiger partial charge in [0, 0.05) is 30.2 Å². The molecule has 7 nitrogen and oxygen atoms in total. The van der Waals surface area contributed by atoms with Crippen LogP contribution in [0.25, 0.3) is 0 Å². The highest BCUT2D eigenvalue weighted by Crippen LogP contribution is 2.48. The van der Waals surface area contributed by atoms with E-state index in [2.05, 4.69) is 5.32 Å². The van der Waals surface area contributed by atoms with E-state index in [0.717, 1.165) is 19.3 Å². The van der Waals surface area contributed by atoms with Crippen molar-refractivity contribution in [2.75, 3.05) is 12.3 Å². The molecule has 2 aliphatic carbocycles. The first-order chi connectivity index (χ1) is 10.5. The number of carbonyl (C=O) groups excluding carboxylic acids is 1. The average Bonchev–Trinajstić information content (AvgIpc) is 3.08. The van der Waals surface area contributed by atoms with Crippen molar-refractivity contribution >= 4 is 17.3 Å². The van der Waals surface area contributed by atoms with Gasteiger partial charge in [-0.05, 0) is 43.2 Å². The number of nitrogens with one attached hydrogen (secondary N) is 1. The topological polar surface area (TPSA) is 118 Å². The van der Waals surface area contributed by atoms with Gasteiger partial charge in [-0.1, -0.05) is 0 Å². The van der Waals surface area contributed by atoms with E-state index in [1.807, 2.05) is 0 Å². The summed E-state index contributed by atoms with van der Waals surface area (Å²) < 4.78 is 0. The van der Waals surface area contributed by atoms with E-state index in [4.69, 9.17) is 5.73 Å². The van der Waals surface area contributed by atoms with Crippen molar-refractivity contribution < 1.29 is 14.8 Å². The van der Waals surface area contributed by atoms with Gasteiger partial charge in [0.2, 0.25) is 0 Å². The summed E-state index contributed by atoms with van der Waals surface area (Å²) >= 11 is 0. The van der Waals surface area contributed by atoms with Gasteiger partial charge in [-0.25, -0.2) is 0 Å². The molecule has 2 fully saturated rings. The van der Waals surface area contributed by atoms with Crippen LogP contribution < -0.4 is 11.1 Å². The first kappa shape index (κ1) is 14.8. The zero-order chi connectivity index (χ0) is 15.9. The molecule has 4 unspecified atom stereocenters. The van der Waals surface area contributed by atoms with Gasteiger partial charge < -0.3 is 16.2 Å². The van der Waals surface area contributed by atoms with Crippen molar-refractivity contribution in [1.29, 1.82) is 0 Å². The molecule has 4 atom stereocenters. The molecular weight excluding hydrogens is 286 g/mol. The maximum Gasteiger partial charge on any atom is 0.292 e. The lowest BCUT2D eigenvalue weighted by atomic mass is 9.85. The van der Waals surface area contributed by atoms with E-state index in [-0.39, 0.29) is 41.4 Å². The molecule has 22 heavy (non-hydrogen) atoms. The second kappa shape index (κ2) is 5.57. The molecule has 0 spiro atoms. The Labute approximate surface area is 127 Å². The lowest BCUT2D eigenvalue weighted by Gasteiger charge is -2.30. The normalized spacial score (nSPS) is 29.5. The van der Waals surface area contributed by atoms with Crippen LogP contribution in [0, 0.1) is 27.9 Å². The summed E-state index contributed by atoms with van der Waals surface area (Å²) in [4.78, 5) is 22.7. The highest BCUT2D eigenvalue weighted by molar-refractivity contribution is 5.95. The number of aliphatic hydroxyl groups is 1. The van der Waals surface area contributed by atoms with E-state index in [1.54, 1.807) is 0 Å². The first-order valence-corrected chi connectivity index (χ1v) is 7.47. The number of aliphatic hydroxyl groups excluding tert-OH is 1. The zero-order valence-electron chi connectivity index (χ0n) is 12.1. The minimum atomic E-state index is -0.597. The van der Waals surface area contributed by atoms with Crippen molar-refractivity contribution in [2.24, 2.45) is 17.8 Å². The van der Waals surface area contributed by atoms with E-state index in [1.165, 1.54) is 18.2 Å². The Hall–Kier alpha value is -2.15. The van der Waals surface area contributed by atoms with Crippen molar-refractivity contribution in [3.63, 3.8) is 0 Å². The van der Waals surface area contributed by atoms with Gasteiger partial charge in [0.1, 0.15) is 5.69 Å². The maximum absolute atomic E-state index is 12.4. The predicted octanol–water partition coefficient (Wildman–Crippen LogP) is 1.31. The smallest absolute Gasteiger partial charge is 0.292 e. The summed E-state index contributed by atoms with van der Waals surface area (Å²) in [5.41, 5.74) is 5.54. The molecule has 1 aromatic carbocycles. The molecular formula is C15H19N3O4. The number of nitrogens with two attached hydrogens (primary N) is 1. The first-order valence-electron chi connectivity index (χ1n) is 7.47. The minimum absolute atomic E-state index is 0.0368. The van der Waals surface area contributed by atoms with Crippen LogP contribution in [0.15, 0.2) is 18.2 Å². The van der Waals surface area contributed by atoms with Crippen molar-refractivity contribution in [1.82, 2.24) is 5.32 Å². The fraction of sp³-hybridized carbons (Fsp3) is 0.533. The molecule has 0 aromatic heterocycles. The third-order valence-electron chi connectivity index (χ3n) is 5.09. The molecule has 3 rings (SSSR count). The molecule has 2 saturated carbocycles. The molecule has 4 N–H and O–H groups in total. The van der Waals surface area contributed by atoms with Gasteiger partial charge in [0.25, 0.3) is 11.6 Å². The van der Waals surface area contributed by atoms with Gasteiger partial charge in [-0.15, -0.1) is 0 Å². The molecule has 2 bridgehead atoms. The SMILES string of the molecule is Nc1ccc(C(=O)NC2C3CCC(C3)C2CO)cc1[N+](=O)[O-]. The van der Waals surface area contributed by atoms with Crippen LogP contribution >= 0.6 is 0 Å². The van der Waals surface area contributed by atoms with Crippen molar-refractivity contribution in [3.05, 3.63) is 33.9 Å². The number of hydrogen-bond acceptors (Lipinski definition) is 5. The van der Waals surface area contributed by atoms with Crippen LogP contribution in [0.5, 0.6) is 0 Å². The molecule has 1 amide bonds. The summed E-state index contributed by atoms with van der Waals surface area (Å²) in [5.74, 6) is 0.612. The molecule has 0 aliphatic heterocycles. The maximum atomic E-state index is 12.4. The molecule has 2 aliphatic rings. The molecule has 7 heteroatoms. The molecule has 0 radical (unpaired) electrons. The van der Waals surface area contributed by atoms with Gasteiger partial charge in [0.05, 0.1) is 4.92 Å². The molecule has 0 heterocycles. The number of nitrogen functional groups attached to an aromatic ring is 1. The Bertz CT molecular complexity index is 619. The fourth-order valence-electron chi connectivity index (χ4n) is 3.98. The van der Waals surface area contributed by atoms with E-state index in [0.29, 0.717) is 11.8 Å². The fourth-order valence-corrected chi connectivity index (χ4v) is 3.98. The summed E-state index contributed by atoms with van der Waals surface area (Å²) in [6.45, 7) is 0.0635. The number of fused-ring (bicyclic) bond motifs is 2. The Balaban J connectivity index is 1.77. The van der Waals surface area contributed by atoms with E-state index < -0.39 is 4.92 Å². The van der Waals surface area contributed by atoms with E-state index >= 15 is 0 Å². The summed E-state index contributed by atoms with van der Waals surface area (Å²) in [6.07, 6.45) is 3.21. The van der Waals surface area contributed by atoms with Crippen LogP contribution in [-0.4, -0.2) is 28.6 Å². The van der Waals surface area contributed by atoms with Crippen molar-refractivity contribution in [2.45, 2.75) is 25.3 Å². The van der Waals surface area contributed by atoms with Crippen LogP contribution in [-0.2, 0) is 0 Å². The van der Waals surface area contributed by atoms with Crippen LogP contribution in [0.4, 0.5) is 11.4 Å². The number of carbonyl (C=O) groups is 1. The zero-order valence-corrected chi connectivity index (χ0v) is 12.1. The Kier molecular flexibility index (Phi) is 3.74. The Morgan fingerprint density at radius 2 is 2.14 bits per heavy atom. The lowest BCUT2D eigenvalue weighted by Crippen LogP contribution is -2.45. The van der Waals surface area contributed by atoms with Gasteiger partial charge >= 0.3 is 0 Å². The number of nitro groups is 1. The number of nitro benzene ring substituents is 1. The van der Waals surface area contributed by atoms with Crippen LogP contribution in [0.1, 0.15) is 29.6 Å². The lowest BCUT2D eigenvalue weighted by molar-refractivity contribution is -0.383. The van der Waals surface area contributed by atoms with Crippen LogP contribution in [0.3, 0.4) is 0 Å². The highest BCUT2D eigenvalue weighted by atomic mass is 16.6. The number of rotatable bonds is 4. The second-order valence-corrected chi connectivity index (χ2v) is 6.21. The number of anilines is 1. The molecule has 0 saturated heterocycles. The second-order valence-electron chi connectivity index (χ2n) is 6.21. The molecule has 1 aromatic rings.